The summed E-state index contributed by atoms with van der Waals surface area (Å²) in [6, 6.07) is 0. The SMILES string of the molecule is CCOC1(C(O)CC2CCOCC2)CCCC(C)C1. The van der Waals surface area contributed by atoms with Gasteiger partial charge in [-0.1, -0.05) is 19.8 Å². The largest absolute Gasteiger partial charge is 0.390 e. The molecule has 1 heterocycles. The highest BCUT2D eigenvalue weighted by Crippen LogP contribution is 2.40. The molecule has 0 radical (unpaired) electrons. The van der Waals surface area contributed by atoms with E-state index in [4.69, 9.17) is 9.47 Å². The summed E-state index contributed by atoms with van der Waals surface area (Å²) in [5, 5.41) is 10.8. The van der Waals surface area contributed by atoms with Gasteiger partial charge in [-0.25, -0.2) is 0 Å². The second-order valence-corrected chi connectivity index (χ2v) is 6.51. The lowest BCUT2D eigenvalue weighted by Gasteiger charge is -2.44. The average molecular weight is 270 g/mol. The van der Waals surface area contributed by atoms with Crippen LogP contribution in [-0.4, -0.2) is 36.6 Å². The Labute approximate surface area is 117 Å². The van der Waals surface area contributed by atoms with Crippen molar-refractivity contribution in [1.82, 2.24) is 0 Å². The summed E-state index contributed by atoms with van der Waals surface area (Å²) in [7, 11) is 0. The van der Waals surface area contributed by atoms with Crippen molar-refractivity contribution in [3.05, 3.63) is 0 Å². The van der Waals surface area contributed by atoms with Crippen LogP contribution < -0.4 is 0 Å². The van der Waals surface area contributed by atoms with Crippen molar-refractivity contribution in [2.24, 2.45) is 11.8 Å². The summed E-state index contributed by atoms with van der Waals surface area (Å²) in [5.41, 5.74) is -0.273. The van der Waals surface area contributed by atoms with Crippen molar-refractivity contribution in [2.75, 3.05) is 19.8 Å². The Morgan fingerprint density at radius 1 is 1.32 bits per heavy atom. The second kappa shape index (κ2) is 7.05. The number of hydrogen-bond donors (Lipinski definition) is 1. The van der Waals surface area contributed by atoms with Crippen molar-refractivity contribution < 1.29 is 14.6 Å². The van der Waals surface area contributed by atoms with Gasteiger partial charge in [0.2, 0.25) is 0 Å². The zero-order valence-corrected chi connectivity index (χ0v) is 12.6. The third-order valence-corrected chi connectivity index (χ3v) is 4.93. The van der Waals surface area contributed by atoms with E-state index in [1.807, 2.05) is 6.92 Å². The van der Waals surface area contributed by atoms with E-state index < -0.39 is 0 Å². The Kier molecular flexibility index (Phi) is 5.67. The quantitative estimate of drug-likeness (QED) is 0.834. The molecular formula is C16H30O3. The Morgan fingerprint density at radius 3 is 2.68 bits per heavy atom. The first-order valence-corrected chi connectivity index (χ1v) is 8.06. The van der Waals surface area contributed by atoms with Crippen LogP contribution in [0.1, 0.15) is 58.8 Å². The Hall–Kier alpha value is -0.120. The third kappa shape index (κ3) is 3.93. The molecule has 1 N–H and O–H groups in total. The average Bonchev–Trinajstić information content (AvgIpc) is 2.40. The van der Waals surface area contributed by atoms with Crippen LogP contribution in [0.3, 0.4) is 0 Å². The van der Waals surface area contributed by atoms with Crippen LogP contribution in [0, 0.1) is 11.8 Å². The number of rotatable bonds is 5. The molecule has 1 saturated carbocycles. The van der Waals surface area contributed by atoms with E-state index in [1.165, 1.54) is 12.8 Å². The number of ether oxygens (including phenoxy) is 2. The van der Waals surface area contributed by atoms with Gasteiger partial charge in [-0.3, -0.25) is 0 Å². The molecule has 0 bridgehead atoms. The third-order valence-electron chi connectivity index (χ3n) is 4.93. The van der Waals surface area contributed by atoms with Crippen LogP contribution in [0.4, 0.5) is 0 Å². The topological polar surface area (TPSA) is 38.7 Å². The highest BCUT2D eigenvalue weighted by atomic mass is 16.5. The van der Waals surface area contributed by atoms with Gasteiger partial charge in [-0.15, -0.1) is 0 Å². The highest BCUT2D eigenvalue weighted by Gasteiger charge is 2.42. The van der Waals surface area contributed by atoms with E-state index in [2.05, 4.69) is 6.92 Å². The van der Waals surface area contributed by atoms with Crippen molar-refractivity contribution >= 4 is 0 Å². The summed E-state index contributed by atoms with van der Waals surface area (Å²) in [4.78, 5) is 0. The Balaban J connectivity index is 1.96. The number of hydrogen-bond acceptors (Lipinski definition) is 3. The lowest BCUT2D eigenvalue weighted by molar-refractivity contribution is -0.155. The highest BCUT2D eigenvalue weighted by molar-refractivity contribution is 4.94. The molecule has 1 aliphatic heterocycles. The van der Waals surface area contributed by atoms with Gasteiger partial charge in [0, 0.05) is 19.8 Å². The van der Waals surface area contributed by atoms with E-state index in [0.717, 1.165) is 45.3 Å². The standard InChI is InChI=1S/C16H30O3/c1-3-19-16(8-4-5-13(2)12-16)15(17)11-14-6-9-18-10-7-14/h13-15,17H,3-12H2,1-2H3. The monoisotopic (exact) mass is 270 g/mol. The molecule has 112 valence electrons. The summed E-state index contributed by atoms with van der Waals surface area (Å²) in [6.07, 6.45) is 7.27. The molecule has 19 heavy (non-hydrogen) atoms. The van der Waals surface area contributed by atoms with Gasteiger partial charge in [0.25, 0.3) is 0 Å². The van der Waals surface area contributed by atoms with Crippen molar-refractivity contribution in [2.45, 2.75) is 70.5 Å². The number of aliphatic hydroxyl groups excluding tert-OH is 1. The summed E-state index contributed by atoms with van der Waals surface area (Å²) < 4.78 is 11.5. The molecule has 0 amide bonds. The van der Waals surface area contributed by atoms with E-state index in [1.54, 1.807) is 0 Å². The first-order chi connectivity index (χ1) is 9.16. The molecule has 2 rings (SSSR count). The maximum atomic E-state index is 10.8. The molecule has 2 fully saturated rings. The molecule has 3 atom stereocenters. The first-order valence-electron chi connectivity index (χ1n) is 8.06. The van der Waals surface area contributed by atoms with Crippen molar-refractivity contribution in [3.63, 3.8) is 0 Å². The van der Waals surface area contributed by atoms with Crippen LogP contribution >= 0.6 is 0 Å². The Morgan fingerprint density at radius 2 is 2.05 bits per heavy atom. The maximum absolute atomic E-state index is 10.8. The minimum absolute atomic E-state index is 0.273. The van der Waals surface area contributed by atoms with E-state index in [0.29, 0.717) is 18.4 Å². The fourth-order valence-corrected chi connectivity index (χ4v) is 3.87. The predicted octanol–water partition coefficient (Wildman–Crippen LogP) is 3.15. The van der Waals surface area contributed by atoms with Crippen LogP contribution in [0.25, 0.3) is 0 Å². The minimum Gasteiger partial charge on any atom is -0.390 e. The van der Waals surface area contributed by atoms with Gasteiger partial charge >= 0.3 is 0 Å². The lowest BCUT2D eigenvalue weighted by atomic mass is 9.73. The van der Waals surface area contributed by atoms with Crippen molar-refractivity contribution in [3.8, 4) is 0 Å². The van der Waals surface area contributed by atoms with E-state index in [-0.39, 0.29) is 11.7 Å². The van der Waals surface area contributed by atoms with Crippen molar-refractivity contribution in [1.29, 1.82) is 0 Å². The fourth-order valence-electron chi connectivity index (χ4n) is 3.87. The fraction of sp³-hybridized carbons (Fsp3) is 1.00. The predicted molar refractivity (Wildman–Crippen MR) is 76.2 cm³/mol. The van der Waals surface area contributed by atoms with Crippen LogP contribution in [0.5, 0.6) is 0 Å². The lowest BCUT2D eigenvalue weighted by Crippen LogP contribution is -2.49. The Bertz CT molecular complexity index is 259. The maximum Gasteiger partial charge on any atom is 0.0942 e. The summed E-state index contributed by atoms with van der Waals surface area (Å²) in [6.45, 7) is 6.75. The molecule has 2 aliphatic rings. The van der Waals surface area contributed by atoms with Gasteiger partial charge in [0.15, 0.2) is 0 Å². The second-order valence-electron chi connectivity index (χ2n) is 6.51. The van der Waals surface area contributed by atoms with E-state index >= 15 is 0 Å². The van der Waals surface area contributed by atoms with Gasteiger partial charge in [-0.05, 0) is 50.9 Å². The van der Waals surface area contributed by atoms with Crippen LogP contribution in [-0.2, 0) is 9.47 Å². The molecule has 1 saturated heterocycles. The van der Waals surface area contributed by atoms with Gasteiger partial charge in [0.1, 0.15) is 0 Å². The molecule has 0 aromatic heterocycles. The van der Waals surface area contributed by atoms with E-state index in [9.17, 15) is 5.11 Å². The minimum atomic E-state index is -0.307. The summed E-state index contributed by atoms with van der Waals surface area (Å²) >= 11 is 0. The zero-order chi connectivity index (χ0) is 13.7. The molecule has 3 heteroatoms. The molecule has 0 aromatic carbocycles. The van der Waals surface area contributed by atoms with Gasteiger partial charge in [0.05, 0.1) is 11.7 Å². The molecule has 1 aliphatic carbocycles. The molecule has 0 spiro atoms. The summed E-state index contributed by atoms with van der Waals surface area (Å²) in [5.74, 6) is 1.28. The van der Waals surface area contributed by atoms with Gasteiger partial charge < -0.3 is 14.6 Å². The molecule has 3 unspecified atom stereocenters. The van der Waals surface area contributed by atoms with Crippen LogP contribution in [0.2, 0.25) is 0 Å². The van der Waals surface area contributed by atoms with Gasteiger partial charge in [-0.2, -0.15) is 0 Å². The smallest absolute Gasteiger partial charge is 0.0942 e. The molecule has 0 aromatic rings. The normalized spacial score (nSPS) is 35.2. The first kappa shape index (κ1) is 15.3. The van der Waals surface area contributed by atoms with Crippen LogP contribution in [0.15, 0.2) is 0 Å². The number of aliphatic hydroxyl groups is 1. The zero-order valence-electron chi connectivity index (χ0n) is 12.6. The molecule has 3 nitrogen and oxygen atoms in total. The molecular weight excluding hydrogens is 240 g/mol.